The van der Waals surface area contributed by atoms with E-state index < -0.39 is 28.5 Å². The summed E-state index contributed by atoms with van der Waals surface area (Å²) in [6, 6.07) is 3.54. The first kappa shape index (κ1) is 17.2. The third kappa shape index (κ3) is 3.72. The molecule has 1 saturated heterocycles. The molecular formula is C15H16F3NO4S. The quantitative estimate of drug-likeness (QED) is 0.752. The van der Waals surface area contributed by atoms with E-state index in [0.717, 1.165) is 18.7 Å². The fourth-order valence-corrected chi connectivity index (χ4v) is 3.35. The molecule has 1 heterocycles. The van der Waals surface area contributed by atoms with Crippen molar-refractivity contribution in [2.45, 2.75) is 25.7 Å². The standard InChI is InChI=1S/C15H16F3NO4S/c1-24(21,22)23-8-9-2-3-10(13(4-9)15(16,17)18)6-19-7-11-5-12(11)14(19)20/h2-4,11-12H,5-8H2,1H3. The lowest BCUT2D eigenvalue weighted by Crippen LogP contribution is -2.29. The number of nitrogens with zero attached hydrogens (tertiary/aromatic N) is 1. The first-order valence-corrected chi connectivity index (χ1v) is 9.18. The van der Waals surface area contributed by atoms with Crippen LogP contribution < -0.4 is 0 Å². The average molecular weight is 363 g/mol. The number of halogens is 3. The molecule has 0 aromatic heterocycles. The van der Waals surface area contributed by atoms with Gasteiger partial charge in [0.2, 0.25) is 5.91 Å². The summed E-state index contributed by atoms with van der Waals surface area (Å²) in [5.41, 5.74) is -0.766. The number of alkyl halides is 3. The van der Waals surface area contributed by atoms with Crippen LogP contribution in [-0.2, 0) is 38.4 Å². The van der Waals surface area contributed by atoms with Crippen LogP contribution in [0.4, 0.5) is 13.2 Å². The van der Waals surface area contributed by atoms with Gasteiger partial charge in [-0.25, -0.2) is 0 Å². The number of carbonyl (C=O) groups is 1. The summed E-state index contributed by atoms with van der Waals surface area (Å²) >= 11 is 0. The van der Waals surface area contributed by atoms with Crippen molar-refractivity contribution in [2.24, 2.45) is 11.8 Å². The van der Waals surface area contributed by atoms with E-state index in [0.29, 0.717) is 6.54 Å². The fraction of sp³-hybridized carbons (Fsp3) is 0.533. The Hall–Kier alpha value is -1.61. The Morgan fingerprint density at radius 1 is 1.33 bits per heavy atom. The van der Waals surface area contributed by atoms with Crippen molar-refractivity contribution >= 4 is 16.0 Å². The maximum atomic E-state index is 13.3. The number of carbonyl (C=O) groups excluding carboxylic acids is 1. The molecule has 1 aliphatic carbocycles. The summed E-state index contributed by atoms with van der Waals surface area (Å²) < 4.78 is 66.4. The third-order valence-electron chi connectivity index (χ3n) is 4.29. The van der Waals surface area contributed by atoms with Crippen LogP contribution in [0.25, 0.3) is 0 Å². The lowest BCUT2D eigenvalue weighted by atomic mass is 10.0. The first-order valence-electron chi connectivity index (χ1n) is 7.37. The third-order valence-corrected chi connectivity index (χ3v) is 4.83. The van der Waals surface area contributed by atoms with Crippen molar-refractivity contribution in [1.29, 1.82) is 0 Å². The normalized spacial score (nSPS) is 23.5. The summed E-state index contributed by atoms with van der Waals surface area (Å²) in [5, 5.41) is 0. The Morgan fingerprint density at radius 3 is 2.58 bits per heavy atom. The van der Waals surface area contributed by atoms with Crippen molar-refractivity contribution in [3.63, 3.8) is 0 Å². The maximum absolute atomic E-state index is 13.3. The van der Waals surface area contributed by atoms with Crippen molar-refractivity contribution in [3.05, 3.63) is 34.9 Å². The highest BCUT2D eigenvalue weighted by Crippen LogP contribution is 2.46. The smallest absolute Gasteiger partial charge is 0.338 e. The van der Waals surface area contributed by atoms with Crippen molar-refractivity contribution in [2.75, 3.05) is 12.8 Å². The molecule has 5 nitrogen and oxygen atoms in total. The van der Waals surface area contributed by atoms with Gasteiger partial charge in [-0.15, -0.1) is 0 Å². The van der Waals surface area contributed by atoms with E-state index in [4.69, 9.17) is 0 Å². The van der Waals surface area contributed by atoms with Gasteiger partial charge in [-0.3, -0.25) is 8.98 Å². The lowest BCUT2D eigenvalue weighted by Gasteiger charge is -2.21. The summed E-state index contributed by atoms with van der Waals surface area (Å²) in [4.78, 5) is 13.4. The summed E-state index contributed by atoms with van der Waals surface area (Å²) in [7, 11) is -3.74. The Morgan fingerprint density at radius 2 is 2.04 bits per heavy atom. The molecule has 2 atom stereocenters. The molecule has 2 fully saturated rings. The minimum absolute atomic E-state index is 0.000237. The molecule has 1 aliphatic heterocycles. The van der Waals surface area contributed by atoms with Gasteiger partial charge < -0.3 is 4.90 Å². The highest BCUT2D eigenvalue weighted by atomic mass is 32.2. The molecule has 0 spiro atoms. The van der Waals surface area contributed by atoms with Gasteiger partial charge in [-0.05, 0) is 29.5 Å². The lowest BCUT2D eigenvalue weighted by molar-refractivity contribution is -0.139. The highest BCUT2D eigenvalue weighted by Gasteiger charge is 2.52. The molecule has 3 rings (SSSR count). The molecule has 0 N–H and O–H groups in total. The Labute approximate surface area is 137 Å². The van der Waals surface area contributed by atoms with Crippen LogP contribution in [0.3, 0.4) is 0 Å². The predicted molar refractivity (Wildman–Crippen MR) is 78.1 cm³/mol. The number of fused-ring (bicyclic) bond motifs is 1. The summed E-state index contributed by atoms with van der Waals surface area (Å²) in [5.74, 6) is 0.189. The summed E-state index contributed by atoms with van der Waals surface area (Å²) in [6.07, 6.45) is -2.93. The van der Waals surface area contributed by atoms with Crippen molar-refractivity contribution in [1.82, 2.24) is 4.90 Å². The van der Waals surface area contributed by atoms with Crippen LogP contribution in [0.5, 0.6) is 0 Å². The number of likely N-dealkylation sites (tertiary alicyclic amines) is 1. The van der Waals surface area contributed by atoms with E-state index in [1.165, 1.54) is 17.0 Å². The second kappa shape index (κ2) is 5.73. The van der Waals surface area contributed by atoms with Gasteiger partial charge in [0.25, 0.3) is 10.1 Å². The minimum Gasteiger partial charge on any atom is -0.338 e. The number of piperidine rings is 1. The molecule has 1 saturated carbocycles. The molecule has 2 aliphatic rings. The molecule has 1 aromatic rings. The van der Waals surface area contributed by atoms with Crippen molar-refractivity contribution < 1.29 is 30.6 Å². The second-order valence-corrected chi connectivity index (χ2v) is 7.92. The van der Waals surface area contributed by atoms with Crippen LogP contribution in [-0.4, -0.2) is 32.0 Å². The molecule has 132 valence electrons. The summed E-state index contributed by atoms with van der Waals surface area (Å²) in [6.45, 7) is -0.0530. The van der Waals surface area contributed by atoms with E-state index in [1.807, 2.05) is 0 Å². The molecular weight excluding hydrogens is 347 g/mol. The van der Waals surface area contributed by atoms with E-state index in [9.17, 15) is 26.4 Å². The van der Waals surface area contributed by atoms with Gasteiger partial charge in [0, 0.05) is 19.0 Å². The molecule has 0 radical (unpaired) electrons. The van der Waals surface area contributed by atoms with E-state index >= 15 is 0 Å². The van der Waals surface area contributed by atoms with Gasteiger partial charge in [-0.2, -0.15) is 21.6 Å². The van der Waals surface area contributed by atoms with Crippen LogP contribution in [0.2, 0.25) is 0 Å². The largest absolute Gasteiger partial charge is 0.416 e. The first-order chi connectivity index (χ1) is 11.0. The maximum Gasteiger partial charge on any atom is 0.416 e. The molecule has 2 unspecified atom stereocenters. The molecule has 24 heavy (non-hydrogen) atoms. The van der Waals surface area contributed by atoms with Gasteiger partial charge >= 0.3 is 6.18 Å². The number of hydrogen-bond donors (Lipinski definition) is 0. The van der Waals surface area contributed by atoms with Crippen LogP contribution in [0, 0.1) is 11.8 Å². The van der Waals surface area contributed by atoms with E-state index in [-0.39, 0.29) is 35.4 Å². The molecule has 1 amide bonds. The Balaban J connectivity index is 1.81. The molecule has 1 aromatic carbocycles. The zero-order chi connectivity index (χ0) is 17.7. The fourth-order valence-electron chi connectivity index (χ4n) is 3.00. The number of hydrogen-bond acceptors (Lipinski definition) is 4. The Kier molecular flexibility index (Phi) is 4.11. The predicted octanol–water partition coefficient (Wildman–Crippen LogP) is 2.16. The minimum atomic E-state index is -4.60. The van der Waals surface area contributed by atoms with E-state index in [2.05, 4.69) is 4.18 Å². The SMILES string of the molecule is CS(=O)(=O)OCc1ccc(CN2CC3CC3C2=O)c(C(F)(F)F)c1. The number of benzene rings is 1. The monoisotopic (exact) mass is 363 g/mol. The average Bonchev–Trinajstić information content (AvgIpc) is 3.15. The number of amides is 1. The Bertz CT molecular complexity index is 775. The molecule has 9 heteroatoms. The van der Waals surface area contributed by atoms with Crippen molar-refractivity contribution in [3.8, 4) is 0 Å². The second-order valence-electron chi connectivity index (χ2n) is 6.28. The highest BCUT2D eigenvalue weighted by molar-refractivity contribution is 7.85. The zero-order valence-electron chi connectivity index (χ0n) is 12.8. The zero-order valence-corrected chi connectivity index (χ0v) is 13.7. The molecule has 0 bridgehead atoms. The van der Waals surface area contributed by atoms with Crippen LogP contribution in [0.1, 0.15) is 23.1 Å². The van der Waals surface area contributed by atoms with Gasteiger partial charge in [0.05, 0.1) is 18.4 Å². The van der Waals surface area contributed by atoms with Gasteiger partial charge in [-0.1, -0.05) is 12.1 Å². The number of rotatable bonds is 5. The van der Waals surface area contributed by atoms with Crippen LogP contribution in [0.15, 0.2) is 18.2 Å². The van der Waals surface area contributed by atoms with E-state index in [1.54, 1.807) is 0 Å². The van der Waals surface area contributed by atoms with Gasteiger partial charge in [0.1, 0.15) is 0 Å². The topological polar surface area (TPSA) is 63.7 Å². The van der Waals surface area contributed by atoms with Gasteiger partial charge in [0.15, 0.2) is 0 Å². The van der Waals surface area contributed by atoms with Crippen LogP contribution >= 0.6 is 0 Å².